The van der Waals surface area contributed by atoms with Gasteiger partial charge in [-0.25, -0.2) is 13.1 Å². The third-order valence-corrected chi connectivity index (χ3v) is 7.14. The number of anilines is 1. The first-order chi connectivity index (χ1) is 14.8. The predicted molar refractivity (Wildman–Crippen MR) is 125 cm³/mol. The van der Waals surface area contributed by atoms with Crippen molar-refractivity contribution in [3.63, 3.8) is 0 Å². The summed E-state index contributed by atoms with van der Waals surface area (Å²) < 4.78 is 30.2. The second-order valence-corrected chi connectivity index (χ2v) is 10.4. The number of amides is 1. The van der Waals surface area contributed by atoms with Gasteiger partial charge in [0.1, 0.15) is 5.69 Å². The van der Waals surface area contributed by atoms with Crippen LogP contribution in [0.4, 0.5) is 5.69 Å². The third-order valence-electron chi connectivity index (χ3n) is 5.26. The SMILES string of the molecule is CNC(=O)c1c2cc(C3CC3)c(NS(=O)(=O)CCCN)cc2nn1-c1ccc(Br)cc1. The van der Waals surface area contributed by atoms with Crippen molar-refractivity contribution in [1.29, 1.82) is 0 Å². The molecule has 0 radical (unpaired) electrons. The van der Waals surface area contributed by atoms with Gasteiger partial charge in [0.15, 0.2) is 0 Å². The van der Waals surface area contributed by atoms with Crippen LogP contribution in [0.15, 0.2) is 40.9 Å². The highest BCUT2D eigenvalue weighted by atomic mass is 79.9. The Hall–Kier alpha value is -2.43. The van der Waals surface area contributed by atoms with Crippen molar-refractivity contribution in [1.82, 2.24) is 15.1 Å². The lowest BCUT2D eigenvalue weighted by molar-refractivity contribution is 0.0957. The molecule has 3 aromatic rings. The Morgan fingerprint density at radius 2 is 1.97 bits per heavy atom. The smallest absolute Gasteiger partial charge is 0.270 e. The van der Waals surface area contributed by atoms with Gasteiger partial charge in [-0.3, -0.25) is 9.52 Å². The first-order valence-electron chi connectivity index (χ1n) is 10.1. The zero-order valence-electron chi connectivity index (χ0n) is 17.1. The predicted octanol–water partition coefficient (Wildman–Crippen LogP) is 3.12. The fraction of sp³-hybridized carbons (Fsp3) is 0.333. The second-order valence-electron chi connectivity index (χ2n) is 7.61. The Kier molecular flexibility index (Phi) is 6.05. The summed E-state index contributed by atoms with van der Waals surface area (Å²) in [6.07, 6.45) is 2.35. The van der Waals surface area contributed by atoms with Crippen LogP contribution in [0.1, 0.15) is 41.2 Å². The number of carbonyl (C=O) groups is 1. The molecule has 31 heavy (non-hydrogen) atoms. The number of carbonyl (C=O) groups excluding carboxylic acids is 1. The average Bonchev–Trinajstić information content (AvgIpc) is 3.52. The van der Waals surface area contributed by atoms with Crippen LogP contribution in [0, 0.1) is 0 Å². The van der Waals surface area contributed by atoms with Gasteiger partial charge in [0, 0.05) is 16.9 Å². The molecule has 1 amide bonds. The Morgan fingerprint density at radius 3 is 2.58 bits per heavy atom. The topological polar surface area (TPSA) is 119 Å². The van der Waals surface area contributed by atoms with Crippen LogP contribution in [0.5, 0.6) is 0 Å². The van der Waals surface area contributed by atoms with E-state index in [2.05, 4.69) is 31.1 Å². The lowest BCUT2D eigenvalue weighted by atomic mass is 10.0. The van der Waals surface area contributed by atoms with E-state index < -0.39 is 10.0 Å². The minimum Gasteiger partial charge on any atom is -0.354 e. The zero-order valence-corrected chi connectivity index (χ0v) is 19.5. The molecule has 0 spiro atoms. The van der Waals surface area contributed by atoms with Crippen LogP contribution < -0.4 is 15.8 Å². The number of hydrogen-bond acceptors (Lipinski definition) is 5. The number of nitrogens with two attached hydrogens (primary N) is 1. The number of nitrogens with one attached hydrogen (secondary N) is 2. The molecule has 2 aromatic carbocycles. The van der Waals surface area contributed by atoms with Gasteiger partial charge >= 0.3 is 0 Å². The molecular weight excluding hydrogens is 482 g/mol. The molecule has 4 rings (SSSR count). The van der Waals surface area contributed by atoms with Crippen molar-refractivity contribution in [2.75, 3.05) is 24.1 Å². The van der Waals surface area contributed by atoms with Crippen LogP contribution in [-0.4, -0.2) is 43.5 Å². The van der Waals surface area contributed by atoms with E-state index in [1.54, 1.807) is 17.8 Å². The molecule has 1 heterocycles. The van der Waals surface area contributed by atoms with Gasteiger partial charge in [-0.1, -0.05) is 15.9 Å². The molecule has 0 atom stereocenters. The fourth-order valence-corrected chi connectivity index (χ4v) is 4.99. The number of sulfonamides is 1. The van der Waals surface area contributed by atoms with Crippen molar-refractivity contribution in [3.05, 3.63) is 52.1 Å². The normalized spacial score (nSPS) is 14.0. The average molecular weight is 506 g/mol. The maximum absolute atomic E-state index is 12.8. The number of halogens is 1. The first kappa shape index (κ1) is 21.8. The number of benzene rings is 2. The molecule has 1 aliphatic carbocycles. The summed E-state index contributed by atoms with van der Waals surface area (Å²) in [6.45, 7) is 0.308. The molecular formula is C21H24BrN5O3S. The lowest BCUT2D eigenvalue weighted by Gasteiger charge is -2.13. The third kappa shape index (κ3) is 4.60. The van der Waals surface area contributed by atoms with Gasteiger partial charge in [-0.15, -0.1) is 0 Å². The minimum atomic E-state index is -3.52. The van der Waals surface area contributed by atoms with Gasteiger partial charge < -0.3 is 11.1 Å². The van der Waals surface area contributed by atoms with E-state index in [4.69, 9.17) is 5.73 Å². The molecule has 1 aromatic heterocycles. The second kappa shape index (κ2) is 8.60. The molecule has 1 fully saturated rings. The van der Waals surface area contributed by atoms with E-state index in [-0.39, 0.29) is 17.6 Å². The molecule has 8 nitrogen and oxygen atoms in total. The number of hydrogen-bond donors (Lipinski definition) is 3. The van der Waals surface area contributed by atoms with Gasteiger partial charge in [0.05, 0.1) is 22.6 Å². The fourth-order valence-electron chi connectivity index (χ4n) is 3.57. The van der Waals surface area contributed by atoms with E-state index in [1.165, 1.54) is 0 Å². The summed E-state index contributed by atoms with van der Waals surface area (Å²) >= 11 is 3.42. The Labute approximate surface area is 189 Å². The van der Waals surface area contributed by atoms with E-state index in [9.17, 15) is 13.2 Å². The van der Waals surface area contributed by atoms with Crippen LogP contribution in [0.2, 0.25) is 0 Å². The first-order valence-corrected chi connectivity index (χ1v) is 12.5. The molecule has 0 unspecified atom stereocenters. The highest BCUT2D eigenvalue weighted by molar-refractivity contribution is 9.10. The standard InChI is InChI=1S/C21H24BrN5O3S/c1-24-21(28)20-17-11-16(13-3-4-13)19(26-31(29,30)10-2-9-23)12-18(17)25-27(20)15-7-5-14(22)6-8-15/h5-8,11-13,26H,2-4,9-10,23H2,1H3,(H,24,28). The lowest BCUT2D eigenvalue weighted by Crippen LogP contribution is -2.22. The number of fused-ring (bicyclic) bond motifs is 1. The number of nitrogens with zero attached hydrogens (tertiary/aromatic N) is 2. The Balaban J connectivity index is 1.87. The molecule has 0 bridgehead atoms. The summed E-state index contributed by atoms with van der Waals surface area (Å²) in [5.41, 5.74) is 8.58. The van der Waals surface area contributed by atoms with Crippen LogP contribution in [0.3, 0.4) is 0 Å². The van der Waals surface area contributed by atoms with Crippen molar-refractivity contribution in [2.45, 2.75) is 25.2 Å². The van der Waals surface area contributed by atoms with Crippen molar-refractivity contribution in [2.24, 2.45) is 5.73 Å². The molecule has 1 saturated carbocycles. The number of aromatic nitrogens is 2. The summed E-state index contributed by atoms with van der Waals surface area (Å²) in [5, 5.41) is 8.02. The molecule has 10 heteroatoms. The molecule has 0 saturated heterocycles. The van der Waals surface area contributed by atoms with E-state index in [0.29, 0.717) is 35.2 Å². The Morgan fingerprint density at radius 1 is 1.26 bits per heavy atom. The monoisotopic (exact) mass is 505 g/mol. The summed E-state index contributed by atoms with van der Waals surface area (Å²) in [7, 11) is -1.95. The summed E-state index contributed by atoms with van der Waals surface area (Å²) in [5.74, 6) is -0.0312. The highest BCUT2D eigenvalue weighted by Gasteiger charge is 2.30. The van der Waals surface area contributed by atoms with Gasteiger partial charge in [-0.05, 0) is 73.7 Å². The largest absolute Gasteiger partial charge is 0.354 e. The van der Waals surface area contributed by atoms with Crippen molar-refractivity contribution in [3.8, 4) is 5.69 Å². The van der Waals surface area contributed by atoms with Gasteiger partial charge in [0.25, 0.3) is 5.91 Å². The Bertz CT molecular complexity index is 1230. The maximum atomic E-state index is 12.8. The maximum Gasteiger partial charge on any atom is 0.270 e. The van der Waals surface area contributed by atoms with Gasteiger partial charge in [0.2, 0.25) is 10.0 Å². The minimum absolute atomic E-state index is 0.0392. The van der Waals surface area contributed by atoms with Gasteiger partial charge in [-0.2, -0.15) is 5.10 Å². The zero-order chi connectivity index (χ0) is 22.2. The molecule has 164 valence electrons. The van der Waals surface area contributed by atoms with Crippen LogP contribution in [0.25, 0.3) is 16.6 Å². The van der Waals surface area contributed by atoms with E-state index in [1.807, 2.05) is 30.3 Å². The molecule has 4 N–H and O–H groups in total. The van der Waals surface area contributed by atoms with Crippen molar-refractivity contribution < 1.29 is 13.2 Å². The van der Waals surface area contributed by atoms with E-state index >= 15 is 0 Å². The summed E-state index contributed by atoms with van der Waals surface area (Å²) in [4.78, 5) is 12.8. The van der Waals surface area contributed by atoms with Crippen LogP contribution >= 0.6 is 15.9 Å². The highest BCUT2D eigenvalue weighted by Crippen LogP contribution is 2.45. The molecule has 0 aliphatic heterocycles. The van der Waals surface area contributed by atoms with E-state index in [0.717, 1.165) is 28.6 Å². The summed E-state index contributed by atoms with van der Waals surface area (Å²) in [6, 6.07) is 11.1. The van der Waals surface area contributed by atoms with Crippen molar-refractivity contribution >= 4 is 48.5 Å². The van der Waals surface area contributed by atoms with Crippen LogP contribution in [-0.2, 0) is 10.0 Å². The quantitative estimate of drug-likeness (QED) is 0.434. The molecule has 1 aliphatic rings. The number of rotatable bonds is 8.